The molecule has 21 heavy (non-hydrogen) atoms. The van der Waals surface area contributed by atoms with Crippen molar-refractivity contribution < 1.29 is 14.3 Å². The highest BCUT2D eigenvalue weighted by molar-refractivity contribution is 9.10. The van der Waals surface area contributed by atoms with E-state index in [2.05, 4.69) is 28.2 Å². The Labute approximate surface area is 134 Å². The molecule has 1 aliphatic rings. The first-order chi connectivity index (χ1) is 10.1. The molecule has 0 saturated carbocycles. The average molecular weight is 356 g/mol. The summed E-state index contributed by atoms with van der Waals surface area (Å²) in [6.45, 7) is 2.69. The van der Waals surface area contributed by atoms with Crippen molar-refractivity contribution in [2.24, 2.45) is 0 Å². The van der Waals surface area contributed by atoms with Crippen LogP contribution in [0.4, 0.5) is 5.69 Å². The number of anilines is 1. The highest BCUT2D eigenvalue weighted by atomic mass is 79.9. The van der Waals surface area contributed by atoms with Gasteiger partial charge in [0.15, 0.2) is 0 Å². The highest BCUT2D eigenvalue weighted by Crippen LogP contribution is 2.32. The zero-order valence-corrected chi connectivity index (χ0v) is 14.1. The number of hydrogen-bond donors (Lipinski definition) is 1. The predicted octanol–water partition coefficient (Wildman–Crippen LogP) is 3.75. The molecule has 116 valence electrons. The fourth-order valence-corrected chi connectivity index (χ4v) is 3.24. The third kappa shape index (κ3) is 3.98. The second-order valence-electron chi connectivity index (χ2n) is 5.44. The molecule has 0 amide bonds. The van der Waals surface area contributed by atoms with Crippen molar-refractivity contribution in [1.82, 2.24) is 0 Å². The summed E-state index contributed by atoms with van der Waals surface area (Å²) in [7, 11) is 1.44. The zero-order valence-electron chi connectivity index (χ0n) is 12.5. The van der Waals surface area contributed by atoms with Crippen LogP contribution in [-0.4, -0.2) is 31.3 Å². The summed E-state index contributed by atoms with van der Waals surface area (Å²) < 4.78 is 11.8. The molecule has 0 spiro atoms. The Hall–Kier alpha value is -1.07. The summed E-state index contributed by atoms with van der Waals surface area (Å²) in [5.74, 6) is -0.216. The molecule has 1 aromatic rings. The number of ether oxygens (including phenoxy) is 2. The lowest BCUT2D eigenvalue weighted by molar-refractivity contribution is -0.151. The topological polar surface area (TPSA) is 47.6 Å². The Morgan fingerprint density at radius 3 is 3.05 bits per heavy atom. The van der Waals surface area contributed by atoms with Crippen LogP contribution in [0.25, 0.3) is 0 Å². The first kappa shape index (κ1) is 16.3. The molecule has 0 aliphatic carbocycles. The number of carbonyl (C=O) groups excluding carboxylic acids is 1. The number of rotatable bonds is 5. The van der Waals surface area contributed by atoms with Crippen LogP contribution in [0.5, 0.6) is 0 Å². The van der Waals surface area contributed by atoms with Crippen LogP contribution in [0.1, 0.15) is 32.6 Å². The SMILES string of the molecule is CCCC1CC(Nc2cccc(Br)c2)(C(=O)OC)CCO1. The summed E-state index contributed by atoms with van der Waals surface area (Å²) in [6, 6.07) is 7.83. The molecule has 1 N–H and O–H groups in total. The van der Waals surface area contributed by atoms with Crippen molar-refractivity contribution in [2.45, 2.75) is 44.2 Å². The first-order valence-corrected chi connectivity index (χ1v) is 8.12. The van der Waals surface area contributed by atoms with Crippen molar-refractivity contribution in [3.63, 3.8) is 0 Å². The normalized spacial score (nSPS) is 25.4. The van der Waals surface area contributed by atoms with Crippen LogP contribution in [0, 0.1) is 0 Å². The van der Waals surface area contributed by atoms with E-state index in [1.54, 1.807) is 0 Å². The van der Waals surface area contributed by atoms with Gasteiger partial charge in [0.1, 0.15) is 5.54 Å². The van der Waals surface area contributed by atoms with Crippen molar-refractivity contribution in [2.75, 3.05) is 19.0 Å². The molecule has 1 aliphatic heterocycles. The third-order valence-electron chi connectivity index (χ3n) is 3.85. The highest BCUT2D eigenvalue weighted by Gasteiger charge is 2.44. The largest absolute Gasteiger partial charge is 0.467 e. The van der Waals surface area contributed by atoms with E-state index in [0.29, 0.717) is 19.4 Å². The molecule has 0 radical (unpaired) electrons. The molecular formula is C16H22BrNO3. The van der Waals surface area contributed by atoms with Crippen molar-refractivity contribution in [3.8, 4) is 0 Å². The van der Waals surface area contributed by atoms with Crippen LogP contribution in [0.3, 0.4) is 0 Å². The average Bonchev–Trinajstić information content (AvgIpc) is 2.47. The molecule has 5 heteroatoms. The molecule has 2 atom stereocenters. The van der Waals surface area contributed by atoms with Crippen LogP contribution in [-0.2, 0) is 14.3 Å². The van der Waals surface area contributed by atoms with E-state index in [0.717, 1.165) is 23.0 Å². The van der Waals surface area contributed by atoms with Crippen molar-refractivity contribution in [3.05, 3.63) is 28.7 Å². The van der Waals surface area contributed by atoms with Gasteiger partial charge in [0.05, 0.1) is 13.2 Å². The van der Waals surface area contributed by atoms with E-state index >= 15 is 0 Å². The number of hydrogen-bond acceptors (Lipinski definition) is 4. The molecule has 1 heterocycles. The maximum absolute atomic E-state index is 12.4. The summed E-state index contributed by atoms with van der Waals surface area (Å²) >= 11 is 3.45. The van der Waals surface area contributed by atoms with Gasteiger partial charge in [0.25, 0.3) is 0 Å². The molecule has 1 aromatic carbocycles. The number of benzene rings is 1. The molecular weight excluding hydrogens is 334 g/mol. The lowest BCUT2D eigenvalue weighted by Gasteiger charge is -2.39. The summed E-state index contributed by atoms with van der Waals surface area (Å²) in [5.41, 5.74) is 0.208. The van der Waals surface area contributed by atoms with Gasteiger partial charge in [0, 0.05) is 29.6 Å². The predicted molar refractivity (Wildman–Crippen MR) is 86.4 cm³/mol. The number of halogens is 1. The van der Waals surface area contributed by atoms with Crippen LogP contribution in [0.15, 0.2) is 28.7 Å². The molecule has 1 saturated heterocycles. The summed E-state index contributed by atoms with van der Waals surface area (Å²) in [4.78, 5) is 12.4. The molecule has 4 nitrogen and oxygen atoms in total. The fourth-order valence-electron chi connectivity index (χ4n) is 2.84. The van der Waals surface area contributed by atoms with Gasteiger partial charge in [-0.3, -0.25) is 0 Å². The van der Waals surface area contributed by atoms with Gasteiger partial charge >= 0.3 is 5.97 Å². The third-order valence-corrected chi connectivity index (χ3v) is 4.35. The quantitative estimate of drug-likeness (QED) is 0.817. The smallest absolute Gasteiger partial charge is 0.331 e. The molecule has 0 bridgehead atoms. The minimum atomic E-state index is -0.701. The monoisotopic (exact) mass is 355 g/mol. The van der Waals surface area contributed by atoms with E-state index in [-0.39, 0.29) is 12.1 Å². The lowest BCUT2D eigenvalue weighted by atomic mass is 9.85. The summed E-state index contributed by atoms with van der Waals surface area (Å²) in [6.07, 6.45) is 3.35. The Bertz CT molecular complexity index is 492. The van der Waals surface area contributed by atoms with Crippen LogP contribution < -0.4 is 5.32 Å². The van der Waals surface area contributed by atoms with E-state index < -0.39 is 5.54 Å². The maximum Gasteiger partial charge on any atom is 0.331 e. The maximum atomic E-state index is 12.4. The lowest BCUT2D eigenvalue weighted by Crippen LogP contribution is -2.53. The van der Waals surface area contributed by atoms with Gasteiger partial charge in [-0.25, -0.2) is 4.79 Å². The van der Waals surface area contributed by atoms with Crippen molar-refractivity contribution in [1.29, 1.82) is 0 Å². The Morgan fingerprint density at radius 2 is 2.38 bits per heavy atom. The molecule has 1 fully saturated rings. The van der Waals surface area contributed by atoms with E-state index in [1.165, 1.54) is 7.11 Å². The van der Waals surface area contributed by atoms with Gasteiger partial charge in [-0.15, -0.1) is 0 Å². The fraction of sp³-hybridized carbons (Fsp3) is 0.562. The van der Waals surface area contributed by atoms with Crippen LogP contribution >= 0.6 is 15.9 Å². The summed E-state index contributed by atoms with van der Waals surface area (Å²) in [5, 5.41) is 3.39. The van der Waals surface area contributed by atoms with Crippen molar-refractivity contribution >= 4 is 27.6 Å². The van der Waals surface area contributed by atoms with E-state index in [9.17, 15) is 4.79 Å². The van der Waals surface area contributed by atoms with E-state index in [1.807, 2.05) is 24.3 Å². The van der Waals surface area contributed by atoms with Gasteiger partial charge in [-0.1, -0.05) is 35.3 Å². The van der Waals surface area contributed by atoms with Gasteiger partial charge in [0.2, 0.25) is 0 Å². The number of carbonyl (C=O) groups is 1. The van der Waals surface area contributed by atoms with Crippen LogP contribution in [0.2, 0.25) is 0 Å². The zero-order chi connectivity index (χ0) is 15.3. The first-order valence-electron chi connectivity index (χ1n) is 7.33. The minimum absolute atomic E-state index is 0.0995. The minimum Gasteiger partial charge on any atom is -0.467 e. The second kappa shape index (κ2) is 7.27. The number of methoxy groups -OCH3 is 1. The Morgan fingerprint density at radius 1 is 1.57 bits per heavy atom. The van der Waals surface area contributed by atoms with Gasteiger partial charge < -0.3 is 14.8 Å². The number of nitrogens with one attached hydrogen (secondary N) is 1. The Kier molecular flexibility index (Phi) is 5.65. The second-order valence-corrected chi connectivity index (χ2v) is 6.36. The molecule has 2 unspecified atom stereocenters. The molecule has 2 rings (SSSR count). The van der Waals surface area contributed by atoms with Gasteiger partial charge in [-0.05, 0) is 24.6 Å². The molecule has 0 aromatic heterocycles. The van der Waals surface area contributed by atoms with E-state index in [4.69, 9.17) is 9.47 Å². The van der Waals surface area contributed by atoms with Gasteiger partial charge in [-0.2, -0.15) is 0 Å². The Balaban J connectivity index is 2.22. The number of esters is 1. The standard InChI is InChI=1S/C16H22BrNO3/c1-3-5-14-11-16(8-9-21-14,15(19)20-2)18-13-7-4-6-12(17)10-13/h4,6-7,10,14,18H,3,5,8-9,11H2,1-2H3.